The molecule has 0 fully saturated rings. The van der Waals surface area contributed by atoms with Crippen LogP contribution in [0.2, 0.25) is 5.02 Å². The minimum absolute atomic E-state index is 0.524. The summed E-state index contributed by atoms with van der Waals surface area (Å²) in [6.07, 6.45) is 1.86. The largest absolute Gasteiger partial charge is 0.397 e. The number of benzene rings is 2. The molecule has 0 aliphatic carbocycles. The zero-order valence-corrected chi connectivity index (χ0v) is 10.7. The highest BCUT2D eigenvalue weighted by Crippen LogP contribution is 2.22. The summed E-state index contributed by atoms with van der Waals surface area (Å²) in [5.41, 5.74) is 8.97. The second-order valence-corrected chi connectivity index (χ2v) is 4.53. The van der Waals surface area contributed by atoms with Crippen LogP contribution in [-0.4, -0.2) is 15.0 Å². The molecule has 5 heteroatoms. The van der Waals surface area contributed by atoms with Crippen LogP contribution in [0.15, 0.2) is 54.7 Å². The summed E-state index contributed by atoms with van der Waals surface area (Å²) in [7, 11) is 0. The van der Waals surface area contributed by atoms with Crippen molar-refractivity contribution >= 4 is 17.3 Å². The molecule has 0 aliphatic rings. The van der Waals surface area contributed by atoms with E-state index in [0.717, 1.165) is 16.9 Å². The van der Waals surface area contributed by atoms with Gasteiger partial charge in [0.2, 0.25) is 0 Å². The molecule has 0 saturated heterocycles. The van der Waals surface area contributed by atoms with Crippen molar-refractivity contribution in [2.75, 3.05) is 5.73 Å². The van der Waals surface area contributed by atoms with Crippen LogP contribution in [0.3, 0.4) is 0 Å². The summed E-state index contributed by atoms with van der Waals surface area (Å²) in [4.78, 5) is 0. The van der Waals surface area contributed by atoms with Crippen molar-refractivity contribution in [3.8, 4) is 16.9 Å². The predicted molar refractivity (Wildman–Crippen MR) is 76.2 cm³/mol. The van der Waals surface area contributed by atoms with E-state index < -0.39 is 0 Å². The van der Waals surface area contributed by atoms with E-state index >= 15 is 0 Å². The van der Waals surface area contributed by atoms with Gasteiger partial charge in [0.05, 0.1) is 22.6 Å². The van der Waals surface area contributed by atoms with Gasteiger partial charge in [0.25, 0.3) is 0 Å². The number of nitrogens with two attached hydrogens (primary N) is 1. The van der Waals surface area contributed by atoms with E-state index in [-0.39, 0.29) is 0 Å². The van der Waals surface area contributed by atoms with E-state index in [2.05, 4.69) is 10.3 Å². The molecule has 4 nitrogen and oxygen atoms in total. The van der Waals surface area contributed by atoms with Crippen LogP contribution >= 0.6 is 11.6 Å². The lowest BCUT2D eigenvalue weighted by Crippen LogP contribution is -1.96. The Morgan fingerprint density at radius 1 is 1.05 bits per heavy atom. The second kappa shape index (κ2) is 4.74. The van der Waals surface area contributed by atoms with E-state index in [0.29, 0.717) is 10.7 Å². The molecule has 0 atom stereocenters. The first-order valence-electron chi connectivity index (χ1n) is 5.77. The number of hydrogen-bond acceptors (Lipinski definition) is 3. The third-order valence-electron chi connectivity index (χ3n) is 2.81. The Kier molecular flexibility index (Phi) is 2.93. The van der Waals surface area contributed by atoms with Crippen molar-refractivity contribution in [2.24, 2.45) is 0 Å². The normalized spacial score (nSPS) is 10.6. The summed E-state index contributed by atoms with van der Waals surface area (Å²) in [5, 5.41) is 8.79. The zero-order chi connectivity index (χ0) is 13.2. The van der Waals surface area contributed by atoms with Crippen LogP contribution in [-0.2, 0) is 0 Å². The van der Waals surface area contributed by atoms with Crippen molar-refractivity contribution in [3.63, 3.8) is 0 Å². The number of halogens is 1. The first-order valence-corrected chi connectivity index (χ1v) is 6.15. The third-order valence-corrected chi connectivity index (χ3v) is 3.15. The van der Waals surface area contributed by atoms with Gasteiger partial charge in [0.15, 0.2) is 0 Å². The molecule has 2 N–H and O–H groups in total. The van der Waals surface area contributed by atoms with Gasteiger partial charge in [-0.3, -0.25) is 0 Å². The van der Waals surface area contributed by atoms with Crippen molar-refractivity contribution in [2.45, 2.75) is 0 Å². The smallest absolute Gasteiger partial charge is 0.113 e. The standard InChI is InChI=1S/C14H11ClN4/c15-12-7-6-11(8-13(12)16)19-9-14(17-18-19)10-4-2-1-3-5-10/h1-9H,16H2. The van der Waals surface area contributed by atoms with Crippen LogP contribution in [0.4, 0.5) is 5.69 Å². The van der Waals surface area contributed by atoms with Gasteiger partial charge in [0, 0.05) is 5.56 Å². The monoisotopic (exact) mass is 270 g/mol. The highest BCUT2D eigenvalue weighted by molar-refractivity contribution is 6.33. The van der Waals surface area contributed by atoms with E-state index in [1.54, 1.807) is 16.8 Å². The van der Waals surface area contributed by atoms with Crippen molar-refractivity contribution in [1.82, 2.24) is 15.0 Å². The fourth-order valence-corrected chi connectivity index (χ4v) is 1.92. The van der Waals surface area contributed by atoms with Gasteiger partial charge in [-0.25, -0.2) is 4.68 Å². The lowest BCUT2D eigenvalue weighted by molar-refractivity contribution is 0.804. The van der Waals surface area contributed by atoms with E-state index in [4.69, 9.17) is 17.3 Å². The molecule has 1 aromatic heterocycles. The molecule has 3 rings (SSSR count). The molecule has 0 aliphatic heterocycles. The minimum atomic E-state index is 0.524. The number of anilines is 1. The second-order valence-electron chi connectivity index (χ2n) is 4.12. The Balaban J connectivity index is 1.99. The first kappa shape index (κ1) is 11.7. The summed E-state index contributed by atoms with van der Waals surface area (Å²) < 4.78 is 1.68. The average Bonchev–Trinajstić information content (AvgIpc) is 2.93. The lowest BCUT2D eigenvalue weighted by Gasteiger charge is -2.02. The minimum Gasteiger partial charge on any atom is -0.397 e. The maximum Gasteiger partial charge on any atom is 0.113 e. The molecular weight excluding hydrogens is 260 g/mol. The van der Waals surface area contributed by atoms with Gasteiger partial charge < -0.3 is 5.73 Å². The van der Waals surface area contributed by atoms with Gasteiger partial charge >= 0.3 is 0 Å². The quantitative estimate of drug-likeness (QED) is 0.728. The molecule has 0 unspecified atom stereocenters. The molecule has 0 spiro atoms. The van der Waals surface area contributed by atoms with Crippen LogP contribution < -0.4 is 5.73 Å². The first-order chi connectivity index (χ1) is 9.24. The molecule has 3 aromatic rings. The number of nitrogen functional groups attached to an aromatic ring is 1. The Morgan fingerprint density at radius 2 is 1.84 bits per heavy atom. The fraction of sp³-hybridized carbons (Fsp3) is 0. The maximum atomic E-state index is 5.90. The average molecular weight is 271 g/mol. The van der Waals surface area contributed by atoms with Crippen LogP contribution in [0, 0.1) is 0 Å². The third kappa shape index (κ3) is 2.30. The van der Waals surface area contributed by atoms with Gasteiger partial charge in [-0.2, -0.15) is 0 Å². The fourth-order valence-electron chi connectivity index (χ4n) is 1.80. The van der Waals surface area contributed by atoms with Crippen LogP contribution in [0.5, 0.6) is 0 Å². The van der Waals surface area contributed by atoms with Gasteiger partial charge in [-0.05, 0) is 18.2 Å². The van der Waals surface area contributed by atoms with Crippen molar-refractivity contribution in [3.05, 3.63) is 59.8 Å². The Hall–Kier alpha value is -2.33. The summed E-state index contributed by atoms with van der Waals surface area (Å²) in [6, 6.07) is 15.2. The van der Waals surface area contributed by atoms with Crippen molar-refractivity contribution < 1.29 is 0 Å². The Morgan fingerprint density at radius 3 is 2.58 bits per heavy atom. The predicted octanol–water partition coefficient (Wildman–Crippen LogP) is 3.17. The van der Waals surface area contributed by atoms with Gasteiger partial charge in [-0.15, -0.1) is 5.10 Å². The molecule has 2 aromatic carbocycles. The molecule has 19 heavy (non-hydrogen) atoms. The molecule has 94 valence electrons. The van der Waals surface area contributed by atoms with Gasteiger partial charge in [0.1, 0.15) is 5.69 Å². The molecule has 1 heterocycles. The highest BCUT2D eigenvalue weighted by Gasteiger charge is 2.06. The molecule has 0 bridgehead atoms. The summed E-state index contributed by atoms with van der Waals surface area (Å²) >= 11 is 5.90. The Labute approximate surface area is 115 Å². The highest BCUT2D eigenvalue weighted by atomic mass is 35.5. The van der Waals surface area contributed by atoms with E-state index in [9.17, 15) is 0 Å². The number of aromatic nitrogens is 3. The maximum absolute atomic E-state index is 5.90. The van der Waals surface area contributed by atoms with Gasteiger partial charge in [-0.1, -0.05) is 47.1 Å². The SMILES string of the molecule is Nc1cc(-n2cc(-c3ccccc3)nn2)ccc1Cl. The van der Waals surface area contributed by atoms with Crippen molar-refractivity contribution in [1.29, 1.82) is 0 Å². The zero-order valence-electron chi connectivity index (χ0n) is 9.99. The van der Waals surface area contributed by atoms with Crippen LogP contribution in [0.1, 0.15) is 0 Å². The van der Waals surface area contributed by atoms with Crippen LogP contribution in [0.25, 0.3) is 16.9 Å². The lowest BCUT2D eigenvalue weighted by atomic mass is 10.2. The molecule has 0 radical (unpaired) electrons. The van der Waals surface area contributed by atoms with E-state index in [1.807, 2.05) is 42.6 Å². The topological polar surface area (TPSA) is 56.7 Å². The molecule has 0 saturated carbocycles. The summed E-state index contributed by atoms with van der Waals surface area (Å²) in [5.74, 6) is 0. The number of nitrogens with zero attached hydrogens (tertiary/aromatic N) is 3. The summed E-state index contributed by atoms with van der Waals surface area (Å²) in [6.45, 7) is 0. The van der Waals surface area contributed by atoms with E-state index in [1.165, 1.54) is 0 Å². The number of rotatable bonds is 2. The molecular formula is C14H11ClN4. The Bertz CT molecular complexity index is 706. The molecule has 0 amide bonds. The number of hydrogen-bond donors (Lipinski definition) is 1.